The van der Waals surface area contributed by atoms with E-state index < -0.39 is 17.7 Å². The number of benzene rings is 1. The lowest BCUT2D eigenvalue weighted by Gasteiger charge is -2.23. The van der Waals surface area contributed by atoms with Crippen LogP contribution in [-0.2, 0) is 0 Å². The monoisotopic (exact) mass is 273 g/mol. The predicted octanol–water partition coefficient (Wildman–Crippen LogP) is 3.67. The molecule has 98 valence electrons. The van der Waals surface area contributed by atoms with Gasteiger partial charge in [-0.25, -0.2) is 13.6 Å². The predicted molar refractivity (Wildman–Crippen MR) is 67.3 cm³/mol. The zero-order valence-corrected chi connectivity index (χ0v) is 10.4. The van der Waals surface area contributed by atoms with Gasteiger partial charge in [-0.2, -0.15) is 11.8 Å². The summed E-state index contributed by atoms with van der Waals surface area (Å²) in [5, 5.41) is 10.5. The Hall–Kier alpha value is -1.30. The highest BCUT2D eigenvalue weighted by atomic mass is 32.2. The molecule has 2 rings (SSSR count). The minimum Gasteiger partial charge on any atom is -0.465 e. The fraction of sp³-hybridized carbons (Fsp3) is 0.417. The number of hydrogen-bond donors (Lipinski definition) is 2. The molecule has 1 aromatic rings. The highest BCUT2D eigenvalue weighted by Crippen LogP contribution is 2.35. The second-order valence-electron chi connectivity index (χ2n) is 4.17. The number of hydrogen-bond acceptors (Lipinski definition) is 2. The van der Waals surface area contributed by atoms with Crippen molar-refractivity contribution in [1.29, 1.82) is 0 Å². The van der Waals surface area contributed by atoms with Crippen molar-refractivity contribution in [2.75, 3.05) is 16.8 Å². The lowest BCUT2D eigenvalue weighted by molar-refractivity contribution is 0.209. The van der Waals surface area contributed by atoms with Gasteiger partial charge in [-0.15, -0.1) is 0 Å². The summed E-state index contributed by atoms with van der Waals surface area (Å²) in [7, 11) is 0. The van der Waals surface area contributed by atoms with Gasteiger partial charge in [0.1, 0.15) is 11.6 Å². The van der Waals surface area contributed by atoms with E-state index in [4.69, 9.17) is 5.11 Å². The Morgan fingerprint density at radius 3 is 2.33 bits per heavy atom. The van der Waals surface area contributed by atoms with Crippen LogP contribution >= 0.6 is 11.8 Å². The Kier molecular flexibility index (Phi) is 4.06. The maximum atomic E-state index is 13.9. The zero-order valence-electron chi connectivity index (χ0n) is 9.58. The first-order valence-corrected chi connectivity index (χ1v) is 6.80. The van der Waals surface area contributed by atoms with Gasteiger partial charge in [0.15, 0.2) is 0 Å². The van der Waals surface area contributed by atoms with Gasteiger partial charge in [-0.05, 0) is 42.4 Å². The SMILES string of the molecule is O=C(O)Nc1cc(F)c(C2CCSCC2)c(F)c1. The van der Waals surface area contributed by atoms with E-state index >= 15 is 0 Å². The molecule has 0 bridgehead atoms. The van der Waals surface area contributed by atoms with Crippen LogP contribution in [0.4, 0.5) is 19.3 Å². The number of thioether (sulfide) groups is 1. The van der Waals surface area contributed by atoms with E-state index in [2.05, 4.69) is 0 Å². The molecule has 0 aliphatic carbocycles. The molecule has 2 N–H and O–H groups in total. The van der Waals surface area contributed by atoms with Crippen LogP contribution in [0.1, 0.15) is 24.3 Å². The van der Waals surface area contributed by atoms with Crippen molar-refractivity contribution in [2.24, 2.45) is 0 Å². The Morgan fingerprint density at radius 1 is 1.28 bits per heavy atom. The number of carboxylic acid groups (broad SMARTS) is 1. The number of carbonyl (C=O) groups is 1. The van der Waals surface area contributed by atoms with E-state index in [-0.39, 0.29) is 17.2 Å². The average Bonchev–Trinajstić information content (AvgIpc) is 2.28. The van der Waals surface area contributed by atoms with E-state index in [1.54, 1.807) is 11.8 Å². The Morgan fingerprint density at radius 2 is 1.83 bits per heavy atom. The molecular formula is C12H13F2NO2S. The van der Waals surface area contributed by atoms with E-state index in [1.165, 1.54) is 0 Å². The quantitative estimate of drug-likeness (QED) is 0.864. The van der Waals surface area contributed by atoms with Crippen LogP contribution in [0, 0.1) is 11.6 Å². The first-order valence-electron chi connectivity index (χ1n) is 5.64. The van der Waals surface area contributed by atoms with Crippen LogP contribution in [0.25, 0.3) is 0 Å². The Bertz CT molecular complexity index is 438. The molecule has 1 heterocycles. The molecule has 1 aliphatic heterocycles. The van der Waals surface area contributed by atoms with Crippen LogP contribution in [-0.4, -0.2) is 22.7 Å². The molecule has 6 heteroatoms. The van der Waals surface area contributed by atoms with Gasteiger partial charge in [0.2, 0.25) is 0 Å². The maximum absolute atomic E-state index is 13.9. The highest BCUT2D eigenvalue weighted by molar-refractivity contribution is 7.99. The summed E-state index contributed by atoms with van der Waals surface area (Å²) in [6, 6.07) is 2.07. The summed E-state index contributed by atoms with van der Waals surface area (Å²) in [6.45, 7) is 0. The van der Waals surface area contributed by atoms with Crippen molar-refractivity contribution >= 4 is 23.5 Å². The first kappa shape index (κ1) is 13.1. The molecule has 0 atom stereocenters. The van der Waals surface area contributed by atoms with Crippen molar-refractivity contribution < 1.29 is 18.7 Å². The van der Waals surface area contributed by atoms with Gasteiger partial charge in [-0.1, -0.05) is 0 Å². The molecule has 0 unspecified atom stereocenters. The lowest BCUT2D eigenvalue weighted by Crippen LogP contribution is -2.13. The summed E-state index contributed by atoms with van der Waals surface area (Å²) in [4.78, 5) is 10.4. The molecule has 1 aromatic carbocycles. The Balaban J connectivity index is 2.28. The van der Waals surface area contributed by atoms with Crippen molar-refractivity contribution in [2.45, 2.75) is 18.8 Å². The lowest BCUT2D eigenvalue weighted by atomic mass is 9.92. The van der Waals surface area contributed by atoms with Gasteiger partial charge in [0, 0.05) is 11.3 Å². The minimum atomic E-state index is -1.34. The second kappa shape index (κ2) is 5.56. The molecule has 0 spiro atoms. The molecule has 0 aromatic heterocycles. The minimum absolute atomic E-state index is 0.0774. The van der Waals surface area contributed by atoms with Crippen LogP contribution in [0.15, 0.2) is 12.1 Å². The van der Waals surface area contributed by atoms with Crippen LogP contribution in [0.3, 0.4) is 0 Å². The average molecular weight is 273 g/mol. The van der Waals surface area contributed by atoms with E-state index in [0.717, 1.165) is 36.5 Å². The fourth-order valence-electron chi connectivity index (χ4n) is 2.16. The first-order chi connectivity index (χ1) is 8.58. The summed E-state index contributed by atoms with van der Waals surface area (Å²) < 4.78 is 27.7. The smallest absolute Gasteiger partial charge is 0.409 e. The number of halogens is 2. The van der Waals surface area contributed by atoms with Crippen LogP contribution in [0.5, 0.6) is 0 Å². The van der Waals surface area contributed by atoms with Gasteiger partial charge in [-0.3, -0.25) is 5.32 Å². The van der Waals surface area contributed by atoms with E-state index in [1.807, 2.05) is 5.32 Å². The van der Waals surface area contributed by atoms with Crippen molar-refractivity contribution in [3.8, 4) is 0 Å². The Labute approximate surface area is 108 Å². The summed E-state index contributed by atoms with van der Waals surface area (Å²) >= 11 is 1.78. The largest absolute Gasteiger partial charge is 0.465 e. The van der Waals surface area contributed by atoms with Crippen molar-refractivity contribution in [3.05, 3.63) is 29.3 Å². The molecule has 1 saturated heterocycles. The highest BCUT2D eigenvalue weighted by Gasteiger charge is 2.23. The molecule has 0 saturated carbocycles. The van der Waals surface area contributed by atoms with Crippen LogP contribution < -0.4 is 5.32 Å². The molecule has 18 heavy (non-hydrogen) atoms. The second-order valence-corrected chi connectivity index (χ2v) is 5.40. The van der Waals surface area contributed by atoms with Gasteiger partial charge in [0.05, 0.1) is 0 Å². The van der Waals surface area contributed by atoms with Gasteiger partial charge in [0.25, 0.3) is 0 Å². The third-order valence-corrected chi connectivity index (χ3v) is 4.01. The third kappa shape index (κ3) is 2.93. The number of amides is 1. The standard InChI is InChI=1S/C12H13F2NO2S/c13-9-5-8(15-12(16)17)6-10(14)11(9)7-1-3-18-4-2-7/h5-7,15H,1-4H2,(H,16,17). The molecule has 0 radical (unpaired) electrons. The maximum Gasteiger partial charge on any atom is 0.409 e. The number of nitrogens with one attached hydrogen (secondary N) is 1. The van der Waals surface area contributed by atoms with Crippen LogP contribution in [0.2, 0.25) is 0 Å². The topological polar surface area (TPSA) is 49.3 Å². The molecule has 1 aliphatic rings. The van der Waals surface area contributed by atoms with Gasteiger partial charge < -0.3 is 5.11 Å². The van der Waals surface area contributed by atoms with Crippen molar-refractivity contribution in [3.63, 3.8) is 0 Å². The number of rotatable bonds is 2. The third-order valence-electron chi connectivity index (χ3n) is 2.96. The van der Waals surface area contributed by atoms with Gasteiger partial charge >= 0.3 is 6.09 Å². The molecule has 3 nitrogen and oxygen atoms in total. The van der Waals surface area contributed by atoms with E-state index in [9.17, 15) is 13.6 Å². The number of anilines is 1. The molecule has 1 fully saturated rings. The normalized spacial score (nSPS) is 16.6. The zero-order chi connectivity index (χ0) is 13.1. The molecular weight excluding hydrogens is 260 g/mol. The van der Waals surface area contributed by atoms with E-state index in [0.29, 0.717) is 0 Å². The summed E-state index contributed by atoms with van der Waals surface area (Å²) in [6.07, 6.45) is 0.171. The summed E-state index contributed by atoms with van der Waals surface area (Å²) in [5.74, 6) is 0.355. The molecule has 1 amide bonds. The fourth-order valence-corrected chi connectivity index (χ4v) is 3.26. The van der Waals surface area contributed by atoms with Crippen molar-refractivity contribution in [1.82, 2.24) is 0 Å². The summed E-state index contributed by atoms with van der Waals surface area (Å²) in [5.41, 5.74) is 0.0117.